The predicted molar refractivity (Wildman–Crippen MR) is 139 cm³/mol. The number of barbiturate groups is 1. The number of nitro benzene ring substituents is 1. The summed E-state index contributed by atoms with van der Waals surface area (Å²) >= 11 is 12.7. The van der Waals surface area contributed by atoms with Gasteiger partial charge in [0.1, 0.15) is 12.2 Å². The minimum absolute atomic E-state index is 0.0314. The number of urea groups is 1. The zero-order valence-electron chi connectivity index (χ0n) is 19.4. The van der Waals surface area contributed by atoms with E-state index < -0.39 is 22.8 Å². The van der Waals surface area contributed by atoms with Crippen LogP contribution in [0.5, 0.6) is 5.75 Å². The number of rotatable bonds is 7. The Morgan fingerprint density at radius 1 is 1.00 bits per heavy atom. The highest BCUT2D eigenvalue weighted by atomic mass is 35.5. The Hall–Kier alpha value is -4.21. The summed E-state index contributed by atoms with van der Waals surface area (Å²) < 4.78 is 5.68. The lowest BCUT2D eigenvalue weighted by Gasteiger charge is -2.26. The molecule has 0 radical (unpaired) electrons. The molecule has 0 spiro atoms. The van der Waals surface area contributed by atoms with E-state index in [1.807, 2.05) is 6.92 Å². The average Bonchev–Trinajstić information content (AvgIpc) is 2.86. The van der Waals surface area contributed by atoms with Gasteiger partial charge in [-0.1, -0.05) is 54.4 Å². The first kappa shape index (κ1) is 25.9. The molecule has 9 nitrogen and oxygen atoms in total. The first-order valence-corrected chi connectivity index (χ1v) is 11.8. The first-order valence-electron chi connectivity index (χ1n) is 11.0. The second kappa shape index (κ2) is 10.8. The maximum Gasteiger partial charge on any atom is 0.335 e. The highest BCUT2D eigenvalue weighted by Gasteiger charge is 2.36. The fourth-order valence-electron chi connectivity index (χ4n) is 3.66. The van der Waals surface area contributed by atoms with E-state index in [9.17, 15) is 24.5 Å². The van der Waals surface area contributed by atoms with Gasteiger partial charge in [0.15, 0.2) is 5.75 Å². The number of imide groups is 2. The Morgan fingerprint density at radius 2 is 1.68 bits per heavy atom. The molecule has 1 saturated heterocycles. The molecule has 0 unspecified atom stereocenters. The van der Waals surface area contributed by atoms with Gasteiger partial charge in [-0.15, -0.1) is 0 Å². The number of non-ortho nitro benzene ring substituents is 1. The van der Waals surface area contributed by atoms with Gasteiger partial charge in [0.2, 0.25) is 0 Å². The van der Waals surface area contributed by atoms with Gasteiger partial charge < -0.3 is 4.74 Å². The number of amides is 4. The minimum atomic E-state index is -0.852. The van der Waals surface area contributed by atoms with Crippen LogP contribution >= 0.6 is 23.2 Å². The number of halogens is 2. The normalized spacial score (nSPS) is 14.6. The van der Waals surface area contributed by atoms with E-state index in [4.69, 9.17) is 27.9 Å². The zero-order valence-corrected chi connectivity index (χ0v) is 20.9. The van der Waals surface area contributed by atoms with Gasteiger partial charge in [-0.25, -0.2) is 9.69 Å². The summed E-state index contributed by atoms with van der Waals surface area (Å²) in [5, 5.41) is 13.3. The number of hydrogen-bond acceptors (Lipinski definition) is 6. The van der Waals surface area contributed by atoms with Crippen molar-refractivity contribution < 1.29 is 24.0 Å². The Labute approximate surface area is 221 Å². The molecule has 3 aromatic rings. The largest absolute Gasteiger partial charge is 0.486 e. The maximum atomic E-state index is 13.1. The van der Waals surface area contributed by atoms with Gasteiger partial charge in [0.05, 0.1) is 20.7 Å². The molecular weight excluding hydrogens is 521 g/mol. The summed E-state index contributed by atoms with van der Waals surface area (Å²) in [6.45, 7) is 1.95. The molecule has 0 aliphatic carbocycles. The first-order chi connectivity index (χ1) is 17.7. The molecule has 1 aliphatic rings. The summed E-state index contributed by atoms with van der Waals surface area (Å²) in [6.07, 6.45) is 2.07. The van der Waals surface area contributed by atoms with Gasteiger partial charge in [-0.3, -0.25) is 25.0 Å². The van der Waals surface area contributed by atoms with E-state index in [1.165, 1.54) is 36.4 Å². The van der Waals surface area contributed by atoms with E-state index >= 15 is 0 Å². The Morgan fingerprint density at radius 3 is 2.30 bits per heavy atom. The topological polar surface area (TPSA) is 119 Å². The fourth-order valence-corrected chi connectivity index (χ4v) is 4.27. The molecule has 37 heavy (non-hydrogen) atoms. The molecule has 0 atom stereocenters. The van der Waals surface area contributed by atoms with Crippen LogP contribution in [0.15, 0.2) is 66.2 Å². The van der Waals surface area contributed by atoms with Crippen molar-refractivity contribution >= 4 is 58.5 Å². The number of nitro groups is 1. The van der Waals surface area contributed by atoms with Crippen molar-refractivity contribution in [1.29, 1.82) is 0 Å². The molecule has 0 saturated carbocycles. The Balaban J connectivity index is 1.58. The quantitative estimate of drug-likeness (QED) is 0.178. The minimum Gasteiger partial charge on any atom is -0.486 e. The highest BCUT2D eigenvalue weighted by molar-refractivity contribution is 6.40. The van der Waals surface area contributed by atoms with Crippen LogP contribution in [0, 0.1) is 10.1 Å². The van der Waals surface area contributed by atoms with Crippen molar-refractivity contribution in [3.8, 4) is 5.75 Å². The van der Waals surface area contributed by atoms with E-state index in [2.05, 4.69) is 5.32 Å². The van der Waals surface area contributed by atoms with Crippen LogP contribution in [0.3, 0.4) is 0 Å². The van der Waals surface area contributed by atoms with Gasteiger partial charge in [0, 0.05) is 12.1 Å². The van der Waals surface area contributed by atoms with Crippen LogP contribution in [0.25, 0.3) is 6.08 Å². The Bertz CT molecular complexity index is 1430. The van der Waals surface area contributed by atoms with Crippen molar-refractivity contribution in [2.75, 3.05) is 4.90 Å². The molecule has 4 rings (SSSR count). The molecule has 11 heteroatoms. The third-order valence-electron chi connectivity index (χ3n) is 5.54. The van der Waals surface area contributed by atoms with E-state index in [1.54, 1.807) is 30.3 Å². The van der Waals surface area contributed by atoms with Crippen LogP contribution < -0.4 is 15.0 Å². The van der Waals surface area contributed by atoms with Crippen molar-refractivity contribution in [3.63, 3.8) is 0 Å². The zero-order chi connectivity index (χ0) is 26.7. The molecule has 3 aromatic carbocycles. The number of aryl methyl sites for hydroxylation is 1. The number of carbonyl (C=O) groups excluding carboxylic acids is 3. The summed E-state index contributed by atoms with van der Waals surface area (Å²) in [5.41, 5.74) is 1.85. The molecule has 1 fully saturated rings. The standard InChI is InChI=1S/C26H19Cl2N3O6/c1-2-15-6-8-18(9-7-15)30-25(33)20(24(32)29-26(30)34)11-17-12-21(27)23(22(28)13-17)37-14-16-4-3-5-19(10-16)31(35)36/h3-13H,2,14H2,1H3,(H,29,32,34)/b20-11-. The van der Waals surface area contributed by atoms with E-state index in [0.29, 0.717) is 16.8 Å². The third kappa shape index (κ3) is 5.63. The second-order valence-electron chi connectivity index (χ2n) is 8.01. The van der Waals surface area contributed by atoms with Gasteiger partial charge in [0.25, 0.3) is 17.5 Å². The van der Waals surface area contributed by atoms with Gasteiger partial charge in [-0.2, -0.15) is 0 Å². The number of hydrogen-bond donors (Lipinski definition) is 1. The van der Waals surface area contributed by atoms with Gasteiger partial charge >= 0.3 is 6.03 Å². The number of nitrogens with zero attached hydrogens (tertiary/aromatic N) is 2. The predicted octanol–water partition coefficient (Wildman–Crippen LogP) is 5.71. The highest BCUT2D eigenvalue weighted by Crippen LogP contribution is 2.36. The fraction of sp³-hybridized carbons (Fsp3) is 0.115. The summed E-state index contributed by atoms with van der Waals surface area (Å²) in [4.78, 5) is 49.4. The summed E-state index contributed by atoms with van der Waals surface area (Å²) in [7, 11) is 0. The lowest BCUT2D eigenvalue weighted by atomic mass is 10.1. The molecule has 4 amide bonds. The smallest absolute Gasteiger partial charge is 0.335 e. The maximum absolute atomic E-state index is 13.1. The SMILES string of the molecule is CCc1ccc(N2C(=O)NC(=O)/C(=C/c3cc(Cl)c(OCc4cccc([N+](=O)[O-])c4)c(Cl)c3)C2=O)cc1. The molecule has 1 heterocycles. The number of ether oxygens (including phenoxy) is 1. The third-order valence-corrected chi connectivity index (χ3v) is 6.10. The van der Waals surface area contributed by atoms with E-state index in [-0.39, 0.29) is 33.7 Å². The molecular formula is C26H19Cl2N3O6. The van der Waals surface area contributed by atoms with Crippen molar-refractivity contribution in [2.45, 2.75) is 20.0 Å². The van der Waals surface area contributed by atoms with Crippen LogP contribution in [0.1, 0.15) is 23.6 Å². The van der Waals surface area contributed by atoms with Crippen LogP contribution in [-0.2, 0) is 22.6 Å². The number of carbonyl (C=O) groups is 3. The molecule has 1 N–H and O–H groups in total. The average molecular weight is 540 g/mol. The molecule has 0 bridgehead atoms. The van der Waals surface area contributed by atoms with Crippen molar-refractivity contribution in [1.82, 2.24) is 5.32 Å². The summed E-state index contributed by atoms with van der Waals surface area (Å²) in [6, 6.07) is 14.8. The van der Waals surface area contributed by atoms with Crippen LogP contribution in [0.2, 0.25) is 10.0 Å². The van der Waals surface area contributed by atoms with Crippen LogP contribution in [0.4, 0.5) is 16.2 Å². The number of nitrogens with one attached hydrogen (secondary N) is 1. The molecule has 1 aliphatic heterocycles. The van der Waals surface area contributed by atoms with E-state index in [0.717, 1.165) is 16.9 Å². The lowest BCUT2D eigenvalue weighted by molar-refractivity contribution is -0.384. The Kier molecular flexibility index (Phi) is 7.56. The van der Waals surface area contributed by atoms with Crippen molar-refractivity contribution in [3.05, 3.63) is 103 Å². The number of benzene rings is 3. The van der Waals surface area contributed by atoms with Gasteiger partial charge in [-0.05, 0) is 53.5 Å². The van der Waals surface area contributed by atoms with Crippen LogP contribution in [-0.4, -0.2) is 22.8 Å². The molecule has 0 aromatic heterocycles. The molecule has 188 valence electrons. The second-order valence-corrected chi connectivity index (χ2v) is 8.82. The van der Waals surface area contributed by atoms with Crippen molar-refractivity contribution in [2.24, 2.45) is 0 Å². The lowest BCUT2D eigenvalue weighted by Crippen LogP contribution is -2.54. The summed E-state index contributed by atoms with van der Waals surface area (Å²) in [5.74, 6) is -1.52. The number of anilines is 1. The monoisotopic (exact) mass is 539 g/mol.